The largest absolute Gasteiger partial charge is 0.370 e. The highest BCUT2D eigenvalue weighted by Crippen LogP contribution is 2.30. The lowest BCUT2D eigenvalue weighted by Gasteiger charge is -2.24. The lowest BCUT2D eigenvalue weighted by atomic mass is 9.99. The Morgan fingerprint density at radius 1 is 1.30 bits per heavy atom. The zero-order valence-electron chi connectivity index (χ0n) is 16.0. The predicted molar refractivity (Wildman–Crippen MR) is 106 cm³/mol. The van der Waals surface area contributed by atoms with E-state index in [0.29, 0.717) is 5.56 Å². The summed E-state index contributed by atoms with van der Waals surface area (Å²) in [7, 11) is 0. The quantitative estimate of drug-likeness (QED) is 0.725. The van der Waals surface area contributed by atoms with Gasteiger partial charge in [0, 0.05) is 0 Å². The number of hydrogen-bond acceptors (Lipinski definition) is 4. The average Bonchev–Trinajstić information content (AvgIpc) is 3.08. The lowest BCUT2D eigenvalue weighted by molar-refractivity contribution is -0.906. The van der Waals surface area contributed by atoms with Gasteiger partial charge in [0.25, 0.3) is 0 Å². The molecule has 0 radical (unpaired) electrons. The Bertz CT molecular complexity index is 995. The summed E-state index contributed by atoms with van der Waals surface area (Å²) in [4.78, 5) is 6.33. The van der Waals surface area contributed by atoms with Gasteiger partial charge in [0.2, 0.25) is 0 Å². The third-order valence-corrected chi connectivity index (χ3v) is 5.32. The molecule has 4 rings (SSSR count). The number of rotatable bonds is 5. The third-order valence-electron chi connectivity index (χ3n) is 5.32. The van der Waals surface area contributed by atoms with Gasteiger partial charge in [-0.15, -0.1) is 0 Å². The number of nitriles is 1. The fourth-order valence-electron chi connectivity index (χ4n) is 3.83. The van der Waals surface area contributed by atoms with Crippen molar-refractivity contribution in [2.24, 2.45) is 0 Å². The Balaban J connectivity index is 1.74. The fourth-order valence-corrected chi connectivity index (χ4v) is 3.83. The molecule has 6 nitrogen and oxygen atoms in total. The standard InChI is InChI=1S/C21H25N5O/c1-15(2)16-13-20(23-7-8-25-9-11-27-12-10-25)26-19-6-4-3-5-18(19)24-21(26)17(16)14-22/h3-6,13,15,23H,7-12H2,1-2H3/p+1. The van der Waals surface area contributed by atoms with Gasteiger partial charge < -0.3 is 15.0 Å². The van der Waals surface area contributed by atoms with Crippen LogP contribution in [0.5, 0.6) is 0 Å². The minimum Gasteiger partial charge on any atom is -0.370 e. The first-order valence-electron chi connectivity index (χ1n) is 9.68. The monoisotopic (exact) mass is 364 g/mol. The van der Waals surface area contributed by atoms with Gasteiger partial charge in [0.05, 0.1) is 42.9 Å². The van der Waals surface area contributed by atoms with Crippen LogP contribution in [0.3, 0.4) is 0 Å². The molecule has 140 valence electrons. The first-order valence-corrected chi connectivity index (χ1v) is 9.68. The summed E-state index contributed by atoms with van der Waals surface area (Å²) in [5.41, 5.74) is 4.40. The maximum Gasteiger partial charge on any atom is 0.157 e. The molecule has 2 N–H and O–H groups in total. The molecular weight excluding hydrogens is 338 g/mol. The Hall–Kier alpha value is -2.62. The molecule has 1 aliphatic heterocycles. The van der Waals surface area contributed by atoms with Crippen molar-refractivity contribution in [2.75, 3.05) is 44.7 Å². The molecule has 0 bridgehead atoms. The second-order valence-electron chi connectivity index (χ2n) is 7.43. The van der Waals surface area contributed by atoms with E-state index in [4.69, 9.17) is 9.72 Å². The van der Waals surface area contributed by atoms with Crippen molar-refractivity contribution < 1.29 is 9.64 Å². The topological polar surface area (TPSA) is 66.8 Å². The summed E-state index contributed by atoms with van der Waals surface area (Å²) in [6.07, 6.45) is 0. The van der Waals surface area contributed by atoms with Crippen LogP contribution in [0.2, 0.25) is 0 Å². The molecule has 1 fully saturated rings. The van der Waals surface area contributed by atoms with Crippen molar-refractivity contribution in [3.63, 3.8) is 0 Å². The Morgan fingerprint density at radius 2 is 2.07 bits per heavy atom. The van der Waals surface area contributed by atoms with Gasteiger partial charge in [-0.25, -0.2) is 4.98 Å². The zero-order chi connectivity index (χ0) is 18.8. The van der Waals surface area contributed by atoms with Crippen LogP contribution in [0.1, 0.15) is 30.9 Å². The molecular formula is C21H26N5O+. The zero-order valence-corrected chi connectivity index (χ0v) is 16.0. The van der Waals surface area contributed by atoms with E-state index < -0.39 is 0 Å². The molecule has 6 heteroatoms. The molecule has 27 heavy (non-hydrogen) atoms. The first kappa shape index (κ1) is 17.8. The number of quaternary nitrogens is 1. The molecule has 0 saturated carbocycles. The number of hydrogen-bond donors (Lipinski definition) is 2. The maximum atomic E-state index is 9.79. The summed E-state index contributed by atoms with van der Waals surface area (Å²) in [5.74, 6) is 1.27. The number of morpholine rings is 1. The smallest absolute Gasteiger partial charge is 0.157 e. The molecule has 1 aliphatic rings. The number of nitrogens with zero attached hydrogens (tertiary/aromatic N) is 3. The average molecular weight is 364 g/mol. The molecule has 0 unspecified atom stereocenters. The highest BCUT2D eigenvalue weighted by Gasteiger charge is 2.19. The SMILES string of the molecule is CC(C)c1cc(NCC[NH+]2CCOCC2)n2c(nc3ccccc32)c1C#N. The second-order valence-corrected chi connectivity index (χ2v) is 7.43. The summed E-state index contributed by atoms with van der Waals surface area (Å²) in [6, 6.07) is 12.6. The van der Waals surface area contributed by atoms with Crippen molar-refractivity contribution in [1.82, 2.24) is 9.38 Å². The summed E-state index contributed by atoms with van der Waals surface area (Å²) in [6.45, 7) is 9.99. The van der Waals surface area contributed by atoms with Gasteiger partial charge >= 0.3 is 0 Å². The minimum absolute atomic E-state index is 0.259. The van der Waals surface area contributed by atoms with Crippen LogP contribution in [-0.4, -0.2) is 48.8 Å². The van der Waals surface area contributed by atoms with Gasteiger partial charge in [-0.1, -0.05) is 26.0 Å². The normalized spacial score (nSPS) is 15.5. The van der Waals surface area contributed by atoms with Crippen molar-refractivity contribution >= 4 is 22.5 Å². The second kappa shape index (κ2) is 7.55. The Kier molecular flexibility index (Phi) is 4.97. The van der Waals surface area contributed by atoms with Gasteiger partial charge in [0.15, 0.2) is 5.65 Å². The van der Waals surface area contributed by atoms with Gasteiger partial charge in [-0.3, -0.25) is 4.40 Å². The van der Waals surface area contributed by atoms with E-state index in [-0.39, 0.29) is 5.92 Å². The molecule has 0 spiro atoms. The van der Waals surface area contributed by atoms with Crippen LogP contribution >= 0.6 is 0 Å². The van der Waals surface area contributed by atoms with Crippen molar-refractivity contribution in [1.29, 1.82) is 5.26 Å². The maximum absolute atomic E-state index is 9.79. The number of imidazole rings is 1. The number of anilines is 1. The van der Waals surface area contributed by atoms with Crippen molar-refractivity contribution in [3.05, 3.63) is 41.5 Å². The molecule has 0 aliphatic carbocycles. The Labute approximate surface area is 159 Å². The van der Waals surface area contributed by atoms with E-state index in [1.165, 1.54) is 0 Å². The van der Waals surface area contributed by atoms with Crippen LogP contribution in [-0.2, 0) is 4.74 Å². The highest BCUT2D eigenvalue weighted by atomic mass is 16.5. The number of para-hydroxylation sites is 2. The van der Waals surface area contributed by atoms with E-state index in [2.05, 4.69) is 41.8 Å². The van der Waals surface area contributed by atoms with E-state index in [1.54, 1.807) is 4.90 Å². The number of benzene rings is 1. The molecule has 3 heterocycles. The van der Waals surface area contributed by atoms with Crippen LogP contribution < -0.4 is 10.2 Å². The molecule has 0 amide bonds. The number of nitrogens with one attached hydrogen (secondary N) is 2. The molecule has 1 aromatic carbocycles. The van der Waals surface area contributed by atoms with Gasteiger partial charge in [0.1, 0.15) is 25.0 Å². The molecule has 1 saturated heterocycles. The molecule has 3 aromatic rings. The lowest BCUT2D eigenvalue weighted by Crippen LogP contribution is -3.14. The minimum atomic E-state index is 0.259. The molecule has 0 atom stereocenters. The van der Waals surface area contributed by atoms with Crippen LogP contribution in [0, 0.1) is 11.3 Å². The van der Waals surface area contributed by atoms with Crippen LogP contribution in [0.15, 0.2) is 30.3 Å². The third kappa shape index (κ3) is 3.36. The summed E-state index contributed by atoms with van der Waals surface area (Å²) in [5, 5.41) is 13.4. The van der Waals surface area contributed by atoms with Gasteiger partial charge in [-0.05, 0) is 29.7 Å². The van der Waals surface area contributed by atoms with Crippen LogP contribution in [0.4, 0.5) is 5.82 Å². The van der Waals surface area contributed by atoms with Crippen LogP contribution in [0.25, 0.3) is 16.7 Å². The van der Waals surface area contributed by atoms with Gasteiger partial charge in [-0.2, -0.15) is 5.26 Å². The van der Waals surface area contributed by atoms with E-state index in [9.17, 15) is 5.26 Å². The number of fused-ring (bicyclic) bond motifs is 3. The van der Waals surface area contributed by atoms with E-state index >= 15 is 0 Å². The van der Waals surface area contributed by atoms with Crippen molar-refractivity contribution in [2.45, 2.75) is 19.8 Å². The van der Waals surface area contributed by atoms with E-state index in [1.807, 2.05) is 18.2 Å². The number of pyridine rings is 1. The highest BCUT2D eigenvalue weighted by molar-refractivity contribution is 5.85. The Morgan fingerprint density at radius 3 is 2.81 bits per heavy atom. The number of aromatic nitrogens is 2. The predicted octanol–water partition coefficient (Wildman–Crippen LogP) is 1.81. The number of ether oxygens (including phenoxy) is 1. The van der Waals surface area contributed by atoms with E-state index in [0.717, 1.165) is 67.5 Å². The molecule has 2 aromatic heterocycles. The summed E-state index contributed by atoms with van der Waals surface area (Å²) < 4.78 is 7.53. The fraction of sp³-hybridized carbons (Fsp3) is 0.429. The first-order chi connectivity index (χ1) is 13.2. The summed E-state index contributed by atoms with van der Waals surface area (Å²) >= 11 is 0. The van der Waals surface area contributed by atoms with Crippen molar-refractivity contribution in [3.8, 4) is 6.07 Å².